The lowest BCUT2D eigenvalue weighted by atomic mass is 10.2. The van der Waals surface area contributed by atoms with Gasteiger partial charge in [-0.15, -0.1) is 11.3 Å². The zero-order valence-electron chi connectivity index (χ0n) is 11.7. The van der Waals surface area contributed by atoms with Crippen molar-refractivity contribution in [1.29, 1.82) is 0 Å². The van der Waals surface area contributed by atoms with Crippen molar-refractivity contribution in [2.24, 2.45) is 0 Å². The molecule has 2 aromatic rings. The molecule has 0 radical (unpaired) electrons. The third-order valence-corrected chi connectivity index (χ3v) is 3.83. The maximum absolute atomic E-state index is 11.8. The van der Waals surface area contributed by atoms with Gasteiger partial charge in [-0.1, -0.05) is 13.0 Å². The molecule has 20 heavy (non-hydrogen) atoms. The number of carbonyl (C=O) groups is 1. The second kappa shape index (κ2) is 7.21. The number of carbonyl (C=O) groups excluding carboxylic acids is 1. The molecule has 0 saturated heterocycles. The number of ether oxygens (including phenoxy) is 1. The van der Waals surface area contributed by atoms with E-state index in [9.17, 15) is 4.79 Å². The number of esters is 1. The van der Waals surface area contributed by atoms with Gasteiger partial charge in [0.25, 0.3) is 0 Å². The fourth-order valence-electron chi connectivity index (χ4n) is 1.97. The molecule has 0 aliphatic heterocycles. The smallest absolute Gasteiger partial charge is 0.324 e. The summed E-state index contributed by atoms with van der Waals surface area (Å²) in [7, 11) is 1.41. The van der Waals surface area contributed by atoms with Crippen molar-refractivity contribution in [3.05, 3.63) is 29.9 Å². The average molecular weight is 293 g/mol. The Morgan fingerprint density at radius 2 is 2.45 bits per heavy atom. The molecule has 0 spiro atoms. The van der Waals surface area contributed by atoms with Crippen LogP contribution in [0.25, 0.3) is 10.7 Å². The highest BCUT2D eigenvalue weighted by atomic mass is 32.1. The molecule has 1 N–H and O–H groups in total. The van der Waals surface area contributed by atoms with Crippen molar-refractivity contribution in [2.75, 3.05) is 13.7 Å². The van der Waals surface area contributed by atoms with E-state index in [0.29, 0.717) is 6.54 Å². The summed E-state index contributed by atoms with van der Waals surface area (Å²) in [5.41, 5.74) is 0. The Hall–Kier alpha value is -1.66. The minimum Gasteiger partial charge on any atom is -0.468 e. The van der Waals surface area contributed by atoms with Gasteiger partial charge in [0.1, 0.15) is 11.9 Å². The van der Waals surface area contributed by atoms with Crippen molar-refractivity contribution in [2.45, 2.75) is 25.9 Å². The van der Waals surface area contributed by atoms with Gasteiger partial charge in [-0.25, -0.2) is 4.98 Å². The second-order valence-electron chi connectivity index (χ2n) is 4.41. The first-order valence-electron chi connectivity index (χ1n) is 6.62. The van der Waals surface area contributed by atoms with Crippen LogP contribution in [-0.4, -0.2) is 35.2 Å². The number of rotatable bonds is 7. The predicted molar refractivity (Wildman–Crippen MR) is 79.6 cm³/mol. The van der Waals surface area contributed by atoms with E-state index in [1.165, 1.54) is 7.11 Å². The molecule has 2 heterocycles. The lowest BCUT2D eigenvalue weighted by Gasteiger charge is -2.17. The molecular formula is C14H19N3O2S. The topological polar surface area (TPSA) is 56.2 Å². The number of hydrogen-bond donors (Lipinski definition) is 1. The van der Waals surface area contributed by atoms with Gasteiger partial charge < -0.3 is 14.6 Å². The molecule has 0 bridgehead atoms. The number of nitrogens with zero attached hydrogens (tertiary/aromatic N) is 2. The van der Waals surface area contributed by atoms with Crippen LogP contribution in [0.3, 0.4) is 0 Å². The van der Waals surface area contributed by atoms with Gasteiger partial charge in [-0.2, -0.15) is 0 Å². The first-order valence-corrected chi connectivity index (χ1v) is 7.50. The summed E-state index contributed by atoms with van der Waals surface area (Å²) in [6.45, 7) is 3.36. The van der Waals surface area contributed by atoms with Gasteiger partial charge in [0, 0.05) is 12.4 Å². The minimum absolute atomic E-state index is 0.246. The fraction of sp³-hybridized carbons (Fsp3) is 0.429. The van der Waals surface area contributed by atoms with E-state index in [2.05, 4.69) is 17.2 Å². The van der Waals surface area contributed by atoms with Gasteiger partial charge in [0.05, 0.1) is 18.5 Å². The summed E-state index contributed by atoms with van der Waals surface area (Å²) in [5.74, 6) is 0.636. The Balaban J connectivity index is 2.14. The normalized spacial score (nSPS) is 12.3. The average Bonchev–Trinajstić information content (AvgIpc) is 3.12. The monoisotopic (exact) mass is 293 g/mol. The van der Waals surface area contributed by atoms with E-state index in [4.69, 9.17) is 4.74 Å². The zero-order valence-corrected chi connectivity index (χ0v) is 12.5. The van der Waals surface area contributed by atoms with Crippen LogP contribution in [0.2, 0.25) is 0 Å². The van der Waals surface area contributed by atoms with Crippen LogP contribution < -0.4 is 5.32 Å². The molecule has 2 aromatic heterocycles. The van der Waals surface area contributed by atoms with Crippen LogP contribution >= 0.6 is 11.3 Å². The van der Waals surface area contributed by atoms with Crippen LogP contribution in [0.5, 0.6) is 0 Å². The van der Waals surface area contributed by atoms with Crippen molar-refractivity contribution >= 4 is 17.3 Å². The Morgan fingerprint density at radius 3 is 3.10 bits per heavy atom. The summed E-state index contributed by atoms with van der Waals surface area (Å²) in [4.78, 5) is 17.3. The van der Waals surface area contributed by atoms with Crippen molar-refractivity contribution < 1.29 is 9.53 Å². The van der Waals surface area contributed by atoms with Gasteiger partial charge in [0.2, 0.25) is 0 Å². The summed E-state index contributed by atoms with van der Waals surface area (Å²) in [6.07, 6.45) is 4.61. The largest absolute Gasteiger partial charge is 0.468 e. The lowest BCUT2D eigenvalue weighted by molar-refractivity contribution is -0.143. The first-order chi connectivity index (χ1) is 9.76. The molecular weight excluding hydrogens is 274 g/mol. The number of aromatic nitrogens is 2. The van der Waals surface area contributed by atoms with E-state index in [1.807, 2.05) is 28.3 Å². The molecule has 1 unspecified atom stereocenters. The summed E-state index contributed by atoms with van der Waals surface area (Å²) < 4.78 is 6.84. The van der Waals surface area contributed by atoms with Gasteiger partial charge in [-0.05, 0) is 24.4 Å². The quantitative estimate of drug-likeness (QED) is 0.795. The third kappa shape index (κ3) is 3.46. The highest BCUT2D eigenvalue weighted by molar-refractivity contribution is 7.13. The Bertz CT molecular complexity index is 536. The molecule has 0 aliphatic carbocycles. The van der Waals surface area contributed by atoms with Crippen molar-refractivity contribution in [3.8, 4) is 10.7 Å². The van der Waals surface area contributed by atoms with E-state index in [0.717, 1.165) is 23.7 Å². The minimum atomic E-state index is -0.354. The van der Waals surface area contributed by atoms with E-state index < -0.39 is 0 Å². The molecule has 0 aliphatic rings. The molecule has 2 rings (SSSR count). The van der Waals surface area contributed by atoms with E-state index in [-0.39, 0.29) is 12.0 Å². The van der Waals surface area contributed by atoms with E-state index in [1.54, 1.807) is 17.5 Å². The van der Waals surface area contributed by atoms with Crippen LogP contribution in [0.4, 0.5) is 0 Å². The molecule has 1 atom stereocenters. The van der Waals surface area contributed by atoms with Gasteiger partial charge in [-0.3, -0.25) is 4.79 Å². The highest BCUT2D eigenvalue weighted by Crippen LogP contribution is 2.23. The third-order valence-electron chi connectivity index (χ3n) is 2.96. The van der Waals surface area contributed by atoms with E-state index >= 15 is 0 Å². The molecule has 0 saturated carbocycles. The van der Waals surface area contributed by atoms with Crippen molar-refractivity contribution in [1.82, 2.24) is 14.9 Å². The molecule has 0 fully saturated rings. The van der Waals surface area contributed by atoms with Crippen LogP contribution in [0.1, 0.15) is 13.3 Å². The summed E-state index contributed by atoms with van der Waals surface area (Å²) in [6, 6.07) is 3.66. The maximum Gasteiger partial charge on any atom is 0.324 e. The second-order valence-corrected chi connectivity index (χ2v) is 5.36. The number of methoxy groups -OCH3 is 1. The molecule has 0 aromatic carbocycles. The molecule has 6 heteroatoms. The number of nitrogens with one attached hydrogen (secondary N) is 1. The summed E-state index contributed by atoms with van der Waals surface area (Å²) >= 11 is 1.63. The predicted octanol–water partition coefficient (Wildman–Crippen LogP) is 2.15. The lowest BCUT2D eigenvalue weighted by Crippen LogP contribution is -2.41. The van der Waals surface area contributed by atoms with Crippen LogP contribution in [0, 0.1) is 0 Å². The fourth-order valence-corrected chi connectivity index (χ4v) is 2.70. The Labute approximate surface area is 122 Å². The zero-order chi connectivity index (χ0) is 14.4. The maximum atomic E-state index is 11.8. The Kier molecular flexibility index (Phi) is 5.31. The molecule has 0 amide bonds. The highest BCUT2D eigenvalue weighted by Gasteiger charge is 2.20. The standard InChI is InChI=1S/C14H19N3O2S/c1-3-6-15-11(14(18)19-2)10-17-8-7-16-13(17)12-5-4-9-20-12/h4-5,7-9,11,15H,3,6,10H2,1-2H3. The van der Waals surface area contributed by atoms with Crippen molar-refractivity contribution in [3.63, 3.8) is 0 Å². The van der Waals surface area contributed by atoms with Gasteiger partial charge >= 0.3 is 5.97 Å². The SMILES string of the molecule is CCCNC(Cn1ccnc1-c1cccs1)C(=O)OC. The summed E-state index contributed by atoms with van der Waals surface area (Å²) in [5, 5.41) is 5.23. The number of hydrogen-bond acceptors (Lipinski definition) is 5. The van der Waals surface area contributed by atoms with Crippen LogP contribution in [0.15, 0.2) is 29.9 Å². The molecule has 5 nitrogen and oxygen atoms in total. The Morgan fingerprint density at radius 1 is 1.60 bits per heavy atom. The molecule has 108 valence electrons. The first kappa shape index (κ1) is 14.7. The van der Waals surface area contributed by atoms with Crippen LogP contribution in [-0.2, 0) is 16.1 Å². The number of imidazole rings is 1. The number of thiophene rings is 1. The van der Waals surface area contributed by atoms with Gasteiger partial charge in [0.15, 0.2) is 0 Å².